The van der Waals surface area contributed by atoms with Crippen molar-refractivity contribution in [2.45, 2.75) is 12.5 Å². The molecule has 4 heteroatoms. The predicted molar refractivity (Wildman–Crippen MR) is 54.2 cm³/mol. The Morgan fingerprint density at radius 3 is 2.80 bits per heavy atom. The molecule has 1 aliphatic rings. The van der Waals surface area contributed by atoms with Crippen molar-refractivity contribution in [2.24, 2.45) is 5.73 Å². The van der Waals surface area contributed by atoms with E-state index in [2.05, 4.69) is 0 Å². The number of fused-ring (bicyclic) bond motifs is 1. The first kappa shape index (κ1) is 9.86. The standard InChI is InChI=1S/C11H11NO3/c1-15-9-4-2-3-6-10(9)8(13)5-7(12)11(6)14/h2-4,7H,5,12H2,1H3. The van der Waals surface area contributed by atoms with Gasteiger partial charge in [0.25, 0.3) is 0 Å². The quantitative estimate of drug-likeness (QED) is 0.736. The number of hydrogen-bond acceptors (Lipinski definition) is 4. The first-order valence-electron chi connectivity index (χ1n) is 4.65. The summed E-state index contributed by atoms with van der Waals surface area (Å²) in [7, 11) is 1.47. The largest absolute Gasteiger partial charge is 0.496 e. The van der Waals surface area contributed by atoms with Crippen LogP contribution in [0.5, 0.6) is 5.75 Å². The van der Waals surface area contributed by atoms with Crippen molar-refractivity contribution in [1.82, 2.24) is 0 Å². The minimum absolute atomic E-state index is 0.0617. The fourth-order valence-electron chi connectivity index (χ4n) is 1.79. The molecular formula is C11H11NO3. The van der Waals surface area contributed by atoms with E-state index in [1.807, 2.05) is 0 Å². The second kappa shape index (κ2) is 3.47. The number of ether oxygens (including phenoxy) is 1. The van der Waals surface area contributed by atoms with Gasteiger partial charge in [0.2, 0.25) is 0 Å². The molecule has 78 valence electrons. The van der Waals surface area contributed by atoms with Crippen LogP contribution in [0.4, 0.5) is 0 Å². The van der Waals surface area contributed by atoms with Crippen LogP contribution < -0.4 is 10.5 Å². The third-order valence-corrected chi connectivity index (χ3v) is 2.53. The summed E-state index contributed by atoms with van der Waals surface area (Å²) in [6.45, 7) is 0. The summed E-state index contributed by atoms with van der Waals surface area (Å²) in [5.74, 6) is 0.121. The molecule has 2 rings (SSSR count). The Morgan fingerprint density at radius 2 is 2.13 bits per heavy atom. The lowest BCUT2D eigenvalue weighted by Gasteiger charge is -2.20. The molecule has 1 unspecified atom stereocenters. The summed E-state index contributed by atoms with van der Waals surface area (Å²) in [6.07, 6.45) is 0.0617. The Labute approximate surface area is 87.0 Å². The van der Waals surface area contributed by atoms with Crippen LogP contribution >= 0.6 is 0 Å². The number of benzene rings is 1. The molecule has 1 atom stereocenters. The summed E-state index contributed by atoms with van der Waals surface area (Å²) in [4.78, 5) is 23.4. The van der Waals surface area contributed by atoms with E-state index >= 15 is 0 Å². The minimum Gasteiger partial charge on any atom is -0.496 e. The third-order valence-electron chi connectivity index (χ3n) is 2.53. The number of methoxy groups -OCH3 is 1. The highest BCUT2D eigenvalue weighted by atomic mass is 16.5. The van der Waals surface area contributed by atoms with Gasteiger partial charge in [-0.05, 0) is 6.07 Å². The molecule has 1 aromatic carbocycles. The monoisotopic (exact) mass is 205 g/mol. The van der Waals surface area contributed by atoms with Crippen molar-refractivity contribution in [3.8, 4) is 5.75 Å². The molecule has 15 heavy (non-hydrogen) atoms. The number of nitrogens with two attached hydrogens (primary N) is 1. The summed E-state index contributed by atoms with van der Waals surface area (Å²) in [5.41, 5.74) is 6.30. The van der Waals surface area contributed by atoms with Crippen LogP contribution in [0.3, 0.4) is 0 Å². The van der Waals surface area contributed by atoms with Gasteiger partial charge < -0.3 is 10.5 Å². The number of carbonyl (C=O) groups is 2. The number of carbonyl (C=O) groups excluding carboxylic acids is 2. The lowest BCUT2D eigenvalue weighted by Crippen LogP contribution is -2.38. The lowest BCUT2D eigenvalue weighted by atomic mass is 9.86. The third kappa shape index (κ3) is 1.43. The molecule has 1 aromatic rings. The summed E-state index contributed by atoms with van der Waals surface area (Å²) >= 11 is 0. The van der Waals surface area contributed by atoms with Crippen LogP contribution in [0, 0.1) is 0 Å². The number of hydrogen-bond donors (Lipinski definition) is 1. The average molecular weight is 205 g/mol. The zero-order valence-electron chi connectivity index (χ0n) is 8.32. The lowest BCUT2D eigenvalue weighted by molar-refractivity contribution is 0.0865. The second-order valence-electron chi connectivity index (χ2n) is 3.48. The molecule has 0 bridgehead atoms. The van der Waals surface area contributed by atoms with Gasteiger partial charge in [-0.1, -0.05) is 12.1 Å². The van der Waals surface area contributed by atoms with Crippen molar-refractivity contribution < 1.29 is 14.3 Å². The molecule has 0 spiro atoms. The van der Waals surface area contributed by atoms with Crippen molar-refractivity contribution in [3.05, 3.63) is 29.3 Å². The fourth-order valence-corrected chi connectivity index (χ4v) is 1.79. The summed E-state index contributed by atoms with van der Waals surface area (Å²) in [6, 6.07) is 4.25. The van der Waals surface area contributed by atoms with E-state index in [-0.39, 0.29) is 18.0 Å². The molecule has 0 fully saturated rings. The van der Waals surface area contributed by atoms with Gasteiger partial charge in [-0.15, -0.1) is 0 Å². The van der Waals surface area contributed by atoms with Crippen LogP contribution in [0.1, 0.15) is 27.1 Å². The van der Waals surface area contributed by atoms with Crippen molar-refractivity contribution in [2.75, 3.05) is 7.11 Å². The molecular weight excluding hydrogens is 194 g/mol. The zero-order chi connectivity index (χ0) is 11.0. The van der Waals surface area contributed by atoms with Crippen molar-refractivity contribution in [3.63, 3.8) is 0 Å². The molecule has 0 aliphatic heterocycles. The van der Waals surface area contributed by atoms with E-state index < -0.39 is 6.04 Å². The maximum Gasteiger partial charge on any atom is 0.180 e. The predicted octanol–water partition coefficient (Wildman–Crippen LogP) is 0.792. The molecule has 0 saturated carbocycles. The summed E-state index contributed by atoms with van der Waals surface area (Å²) < 4.78 is 5.05. The Kier molecular flexibility index (Phi) is 2.28. The number of ketones is 2. The van der Waals surface area contributed by atoms with Crippen LogP contribution in [0.25, 0.3) is 0 Å². The van der Waals surface area contributed by atoms with Crippen LogP contribution in [0.2, 0.25) is 0 Å². The highest BCUT2D eigenvalue weighted by Gasteiger charge is 2.32. The molecule has 0 aromatic heterocycles. The molecule has 0 saturated heterocycles. The molecule has 0 heterocycles. The van der Waals surface area contributed by atoms with Crippen molar-refractivity contribution in [1.29, 1.82) is 0 Å². The van der Waals surface area contributed by atoms with E-state index in [1.165, 1.54) is 7.11 Å². The van der Waals surface area contributed by atoms with Crippen LogP contribution in [-0.4, -0.2) is 24.7 Å². The zero-order valence-corrected chi connectivity index (χ0v) is 8.32. The highest BCUT2D eigenvalue weighted by molar-refractivity contribution is 6.17. The number of rotatable bonds is 1. The summed E-state index contributed by atoms with van der Waals surface area (Å²) in [5, 5.41) is 0. The normalized spacial score (nSPS) is 20.0. The van der Waals surface area contributed by atoms with E-state index in [4.69, 9.17) is 10.5 Å². The van der Waals surface area contributed by atoms with Gasteiger partial charge in [0.1, 0.15) is 5.75 Å². The Morgan fingerprint density at radius 1 is 1.40 bits per heavy atom. The SMILES string of the molecule is COc1cccc2c1C(=O)CC(N)C2=O. The number of Topliss-reactive ketones (excluding diaryl/α,β-unsaturated/α-hetero) is 2. The van der Waals surface area contributed by atoms with Crippen molar-refractivity contribution >= 4 is 11.6 Å². The van der Waals surface area contributed by atoms with Crippen LogP contribution in [0.15, 0.2) is 18.2 Å². The molecule has 0 amide bonds. The smallest absolute Gasteiger partial charge is 0.180 e. The van der Waals surface area contributed by atoms with Gasteiger partial charge >= 0.3 is 0 Å². The Hall–Kier alpha value is -1.68. The topological polar surface area (TPSA) is 69.4 Å². The van der Waals surface area contributed by atoms with Crippen LogP contribution in [-0.2, 0) is 0 Å². The molecule has 0 radical (unpaired) electrons. The fraction of sp³-hybridized carbons (Fsp3) is 0.273. The Bertz CT molecular complexity index is 439. The van der Waals surface area contributed by atoms with Gasteiger partial charge in [0.15, 0.2) is 11.6 Å². The maximum absolute atomic E-state index is 11.7. The molecule has 2 N–H and O–H groups in total. The minimum atomic E-state index is -0.711. The van der Waals surface area contributed by atoms with E-state index in [0.29, 0.717) is 16.9 Å². The second-order valence-corrected chi connectivity index (χ2v) is 3.48. The Balaban J connectivity index is 2.65. The van der Waals surface area contributed by atoms with Gasteiger partial charge in [0.05, 0.1) is 18.7 Å². The van der Waals surface area contributed by atoms with Gasteiger partial charge in [0, 0.05) is 12.0 Å². The first-order valence-corrected chi connectivity index (χ1v) is 4.65. The van der Waals surface area contributed by atoms with E-state index in [9.17, 15) is 9.59 Å². The highest BCUT2D eigenvalue weighted by Crippen LogP contribution is 2.28. The average Bonchev–Trinajstić information content (AvgIpc) is 2.25. The molecule has 1 aliphatic carbocycles. The van der Waals surface area contributed by atoms with Gasteiger partial charge in [-0.25, -0.2) is 0 Å². The van der Waals surface area contributed by atoms with Gasteiger partial charge in [-0.2, -0.15) is 0 Å². The molecule has 4 nitrogen and oxygen atoms in total. The maximum atomic E-state index is 11.7. The van der Waals surface area contributed by atoms with E-state index in [1.54, 1.807) is 18.2 Å². The first-order chi connectivity index (χ1) is 7.15. The van der Waals surface area contributed by atoms with Gasteiger partial charge in [-0.3, -0.25) is 9.59 Å². The van der Waals surface area contributed by atoms with E-state index in [0.717, 1.165) is 0 Å².